The minimum absolute atomic E-state index is 0.00848. The van der Waals surface area contributed by atoms with Crippen LogP contribution in [0.15, 0.2) is 0 Å². The Balaban J connectivity index is 1.76. The van der Waals surface area contributed by atoms with Crippen LogP contribution in [0.5, 0.6) is 0 Å². The number of carbonyl (C=O) groups excluding carboxylic acids is 2. The van der Waals surface area contributed by atoms with E-state index >= 15 is 0 Å². The average Bonchev–Trinajstić information content (AvgIpc) is 3.38. The zero-order valence-electron chi connectivity index (χ0n) is 17.6. The molecular weight excluding hydrogens is 344 g/mol. The second-order valence-electron chi connectivity index (χ2n) is 10.5. The number of epoxide rings is 1. The lowest BCUT2D eigenvalue weighted by Gasteiger charge is -2.66. The molecule has 0 amide bonds. The molecule has 0 radical (unpaired) electrons. The molecule has 4 aliphatic rings. The molecule has 0 aromatic heterocycles. The van der Waals surface area contributed by atoms with Gasteiger partial charge in [0, 0.05) is 18.8 Å². The molecular formula is C22H34O5. The standard InChI is InChI=1S/C22H34O5/c1-13(23)26-17-11-15-19(2,3)16(24)8-9-20(15,4)14-7-10-21(5,18-12-25-18)27-22(14,17)6/h14-15,17-18H,7-12H2,1-6H3/t14-,15-,17-,18-,20+,21-,22-/m1/s1. The van der Waals surface area contributed by atoms with Crippen LogP contribution in [0.1, 0.15) is 73.6 Å². The fraction of sp³-hybridized carbons (Fsp3) is 0.909. The third kappa shape index (κ3) is 2.71. The molecule has 2 heterocycles. The molecule has 0 N–H and O–H groups in total. The average molecular weight is 379 g/mol. The first-order chi connectivity index (χ1) is 12.4. The molecule has 0 aromatic rings. The van der Waals surface area contributed by atoms with Crippen molar-refractivity contribution in [3.63, 3.8) is 0 Å². The fourth-order valence-electron chi connectivity index (χ4n) is 6.94. The van der Waals surface area contributed by atoms with Gasteiger partial charge in [-0.2, -0.15) is 0 Å². The molecule has 152 valence electrons. The SMILES string of the molecule is CC(=O)O[C@@H]1C[C@@H]2C(C)(C)C(=O)CC[C@@]2(C)[C@H]2CC[C@](C)([C@H]3CO3)O[C@]21C. The van der Waals surface area contributed by atoms with Crippen LogP contribution >= 0.6 is 0 Å². The Hall–Kier alpha value is -0.940. The number of ketones is 1. The van der Waals surface area contributed by atoms with Crippen LogP contribution in [0.25, 0.3) is 0 Å². The highest BCUT2D eigenvalue weighted by Crippen LogP contribution is 2.65. The summed E-state index contributed by atoms with van der Waals surface area (Å²) in [7, 11) is 0. The van der Waals surface area contributed by atoms with Crippen molar-refractivity contribution in [2.45, 2.75) is 97.1 Å². The predicted octanol–water partition coefficient (Wildman–Crippen LogP) is 3.68. The van der Waals surface area contributed by atoms with Gasteiger partial charge in [-0.25, -0.2) is 0 Å². The van der Waals surface area contributed by atoms with Crippen LogP contribution in [0.2, 0.25) is 0 Å². The van der Waals surface area contributed by atoms with Crippen molar-refractivity contribution in [2.75, 3.05) is 6.61 Å². The zero-order valence-corrected chi connectivity index (χ0v) is 17.6. The van der Waals surface area contributed by atoms with Crippen LogP contribution in [0, 0.1) is 22.7 Å². The number of ether oxygens (including phenoxy) is 3. The second kappa shape index (κ2) is 5.79. The molecule has 27 heavy (non-hydrogen) atoms. The summed E-state index contributed by atoms with van der Waals surface area (Å²) < 4.78 is 18.3. The Kier molecular flexibility index (Phi) is 4.16. The van der Waals surface area contributed by atoms with Gasteiger partial charge in [-0.15, -0.1) is 0 Å². The van der Waals surface area contributed by atoms with E-state index in [9.17, 15) is 9.59 Å². The summed E-state index contributed by atoms with van der Waals surface area (Å²) in [4.78, 5) is 24.7. The van der Waals surface area contributed by atoms with E-state index in [1.165, 1.54) is 6.92 Å². The van der Waals surface area contributed by atoms with Gasteiger partial charge in [0.15, 0.2) is 0 Å². The van der Waals surface area contributed by atoms with Gasteiger partial charge in [0.1, 0.15) is 23.6 Å². The summed E-state index contributed by atoms with van der Waals surface area (Å²) >= 11 is 0. The molecule has 0 bridgehead atoms. The summed E-state index contributed by atoms with van der Waals surface area (Å²) in [6.45, 7) is 13.0. The lowest BCUT2D eigenvalue weighted by atomic mass is 9.43. The van der Waals surface area contributed by atoms with Crippen molar-refractivity contribution in [2.24, 2.45) is 22.7 Å². The van der Waals surface area contributed by atoms with Crippen molar-refractivity contribution in [1.82, 2.24) is 0 Å². The van der Waals surface area contributed by atoms with Gasteiger partial charge < -0.3 is 14.2 Å². The molecule has 0 unspecified atom stereocenters. The first-order valence-corrected chi connectivity index (χ1v) is 10.5. The van der Waals surface area contributed by atoms with E-state index in [1.54, 1.807) is 0 Å². The van der Waals surface area contributed by atoms with E-state index in [0.29, 0.717) is 18.6 Å². The lowest BCUT2D eigenvalue weighted by molar-refractivity contribution is -0.303. The number of hydrogen-bond acceptors (Lipinski definition) is 5. The maximum absolute atomic E-state index is 12.7. The summed E-state index contributed by atoms with van der Waals surface area (Å²) in [6.07, 6.45) is 3.98. The van der Waals surface area contributed by atoms with Crippen molar-refractivity contribution in [1.29, 1.82) is 0 Å². The van der Waals surface area contributed by atoms with E-state index in [4.69, 9.17) is 14.2 Å². The Morgan fingerprint density at radius 2 is 1.78 bits per heavy atom. The van der Waals surface area contributed by atoms with E-state index in [2.05, 4.69) is 34.6 Å². The summed E-state index contributed by atoms with van der Waals surface area (Å²) in [6, 6.07) is 0. The van der Waals surface area contributed by atoms with Crippen LogP contribution in [0.4, 0.5) is 0 Å². The Morgan fingerprint density at radius 3 is 2.37 bits per heavy atom. The maximum Gasteiger partial charge on any atom is 0.303 e. The highest BCUT2D eigenvalue weighted by atomic mass is 16.6. The molecule has 5 heteroatoms. The first-order valence-electron chi connectivity index (χ1n) is 10.5. The topological polar surface area (TPSA) is 65.1 Å². The normalized spacial score (nSPS) is 51.1. The van der Waals surface area contributed by atoms with Gasteiger partial charge >= 0.3 is 5.97 Å². The minimum atomic E-state index is -0.549. The minimum Gasteiger partial charge on any atom is -0.459 e. The van der Waals surface area contributed by atoms with Crippen LogP contribution in [-0.4, -0.2) is 41.8 Å². The fourth-order valence-corrected chi connectivity index (χ4v) is 6.94. The van der Waals surface area contributed by atoms with Crippen LogP contribution in [-0.2, 0) is 23.8 Å². The highest BCUT2D eigenvalue weighted by Gasteiger charge is 2.68. The van der Waals surface area contributed by atoms with Gasteiger partial charge in [-0.1, -0.05) is 20.8 Å². The van der Waals surface area contributed by atoms with Gasteiger partial charge in [0.05, 0.1) is 12.2 Å². The first kappa shape index (κ1) is 19.4. The van der Waals surface area contributed by atoms with E-state index in [-0.39, 0.29) is 41.0 Å². The Labute approximate surface area is 162 Å². The highest BCUT2D eigenvalue weighted by molar-refractivity contribution is 5.85. The molecule has 7 atom stereocenters. The van der Waals surface area contributed by atoms with Gasteiger partial charge in [-0.3, -0.25) is 9.59 Å². The number of carbonyl (C=O) groups is 2. The number of hydrogen-bond donors (Lipinski definition) is 0. The molecule has 4 fully saturated rings. The molecule has 2 aliphatic carbocycles. The molecule has 0 aromatic carbocycles. The van der Waals surface area contributed by atoms with Crippen molar-refractivity contribution < 1.29 is 23.8 Å². The Morgan fingerprint density at radius 1 is 1.11 bits per heavy atom. The smallest absolute Gasteiger partial charge is 0.303 e. The molecule has 5 nitrogen and oxygen atoms in total. The third-order valence-electron chi connectivity index (χ3n) is 8.56. The molecule has 2 aliphatic heterocycles. The number of Topliss-reactive ketones (excluding diaryl/α,β-unsaturated/α-hetero) is 1. The molecule has 0 spiro atoms. The molecule has 4 rings (SSSR count). The Bertz CT molecular complexity index is 668. The largest absolute Gasteiger partial charge is 0.459 e. The van der Waals surface area contributed by atoms with Gasteiger partial charge in [0.2, 0.25) is 0 Å². The van der Waals surface area contributed by atoms with E-state index in [1.807, 2.05) is 0 Å². The number of esters is 1. The van der Waals surface area contributed by atoms with Crippen molar-refractivity contribution >= 4 is 11.8 Å². The maximum atomic E-state index is 12.7. The van der Waals surface area contributed by atoms with Crippen molar-refractivity contribution in [3.8, 4) is 0 Å². The molecule has 2 saturated carbocycles. The van der Waals surface area contributed by atoms with Gasteiger partial charge in [0.25, 0.3) is 0 Å². The van der Waals surface area contributed by atoms with E-state index in [0.717, 1.165) is 25.9 Å². The lowest BCUT2D eigenvalue weighted by Crippen LogP contribution is -2.70. The molecule has 2 saturated heterocycles. The number of rotatable bonds is 2. The van der Waals surface area contributed by atoms with Crippen LogP contribution < -0.4 is 0 Å². The summed E-state index contributed by atoms with van der Waals surface area (Å²) in [5.41, 5.74) is -1.26. The summed E-state index contributed by atoms with van der Waals surface area (Å²) in [5, 5.41) is 0. The summed E-state index contributed by atoms with van der Waals surface area (Å²) in [5.74, 6) is 0.510. The zero-order chi connectivity index (χ0) is 19.8. The second-order valence-corrected chi connectivity index (χ2v) is 10.5. The predicted molar refractivity (Wildman–Crippen MR) is 100 cm³/mol. The monoisotopic (exact) mass is 378 g/mol. The van der Waals surface area contributed by atoms with Crippen LogP contribution in [0.3, 0.4) is 0 Å². The number of fused-ring (bicyclic) bond motifs is 3. The van der Waals surface area contributed by atoms with Crippen molar-refractivity contribution in [3.05, 3.63) is 0 Å². The van der Waals surface area contributed by atoms with E-state index < -0.39 is 11.0 Å². The quantitative estimate of drug-likeness (QED) is 0.542. The van der Waals surface area contributed by atoms with Gasteiger partial charge in [-0.05, 0) is 56.8 Å². The third-order valence-corrected chi connectivity index (χ3v) is 8.56.